The number of primary amides is 1. The van der Waals surface area contributed by atoms with E-state index in [1.807, 2.05) is 6.07 Å². The fraction of sp³-hybridized carbons (Fsp3) is 0.250. The molecule has 1 amide bonds. The highest BCUT2D eigenvalue weighted by Crippen LogP contribution is 2.31. The van der Waals surface area contributed by atoms with Gasteiger partial charge < -0.3 is 26.0 Å². The van der Waals surface area contributed by atoms with Gasteiger partial charge in [0.1, 0.15) is 0 Å². The molecule has 0 unspecified atom stereocenters. The molecule has 2 aromatic heterocycles. The number of anilines is 4. The van der Waals surface area contributed by atoms with E-state index in [0.717, 1.165) is 29.7 Å². The number of nitrogens with zero attached hydrogens (tertiary/aromatic N) is 5. The predicted octanol–water partition coefficient (Wildman–Crippen LogP) is 2.61. The van der Waals surface area contributed by atoms with Crippen molar-refractivity contribution in [2.75, 3.05) is 31.3 Å². The van der Waals surface area contributed by atoms with E-state index in [4.69, 9.17) is 10.5 Å². The molecule has 0 aliphatic carbocycles. The summed E-state index contributed by atoms with van der Waals surface area (Å²) in [5, 5.41) is 14.1. The largest absolute Gasteiger partial charge is 0.493 e. The van der Waals surface area contributed by atoms with Crippen molar-refractivity contribution >= 4 is 45.1 Å². The molecule has 1 aromatic carbocycles. The standard InChI is InChI=1S/C20H21BrN8O2/c1-29-7-5-13-11(10-29)8-12(9-14(13)21)24-20-26-19(16(17(22)30)27-28-20)25-18-15(31-2)4-3-6-23-18/h3-4,6,8-9H,5,7,10H2,1-2H3,(H2,22,30)(H2,23,24,25,26,28). The topological polar surface area (TPSA) is 131 Å². The Bertz CT molecular complexity index is 1140. The van der Waals surface area contributed by atoms with Gasteiger partial charge in [0, 0.05) is 29.4 Å². The summed E-state index contributed by atoms with van der Waals surface area (Å²) in [5.74, 6) is 0.424. The van der Waals surface area contributed by atoms with Gasteiger partial charge in [-0.3, -0.25) is 4.79 Å². The average molecular weight is 485 g/mol. The van der Waals surface area contributed by atoms with Gasteiger partial charge in [-0.25, -0.2) is 4.98 Å². The first-order chi connectivity index (χ1) is 14.9. The molecule has 0 saturated carbocycles. The Morgan fingerprint density at radius 2 is 2.10 bits per heavy atom. The van der Waals surface area contributed by atoms with Crippen molar-refractivity contribution in [3.05, 3.63) is 51.8 Å². The third-order valence-corrected chi connectivity index (χ3v) is 5.58. The number of benzene rings is 1. The average Bonchev–Trinajstić information content (AvgIpc) is 2.74. The molecule has 0 bridgehead atoms. The monoisotopic (exact) mass is 484 g/mol. The molecule has 3 aromatic rings. The molecule has 3 heterocycles. The van der Waals surface area contributed by atoms with Crippen LogP contribution < -0.4 is 21.1 Å². The molecule has 10 nitrogen and oxygen atoms in total. The predicted molar refractivity (Wildman–Crippen MR) is 120 cm³/mol. The molecule has 31 heavy (non-hydrogen) atoms. The lowest BCUT2D eigenvalue weighted by molar-refractivity contribution is 0.0995. The van der Waals surface area contributed by atoms with Crippen molar-refractivity contribution in [2.45, 2.75) is 13.0 Å². The summed E-state index contributed by atoms with van der Waals surface area (Å²) >= 11 is 3.66. The minimum Gasteiger partial charge on any atom is -0.493 e. The first-order valence-electron chi connectivity index (χ1n) is 9.52. The number of halogens is 1. The van der Waals surface area contributed by atoms with Gasteiger partial charge in [0.2, 0.25) is 5.95 Å². The van der Waals surface area contributed by atoms with E-state index in [-0.39, 0.29) is 17.5 Å². The number of ether oxygens (including phenoxy) is 1. The molecule has 11 heteroatoms. The zero-order valence-corrected chi connectivity index (χ0v) is 18.6. The minimum absolute atomic E-state index is 0.105. The van der Waals surface area contributed by atoms with Crippen molar-refractivity contribution in [3.8, 4) is 5.75 Å². The molecule has 0 fully saturated rings. The number of hydrogen-bond donors (Lipinski definition) is 3. The maximum atomic E-state index is 11.8. The van der Waals surface area contributed by atoms with E-state index in [0.29, 0.717) is 11.6 Å². The summed E-state index contributed by atoms with van der Waals surface area (Å²) in [4.78, 5) is 22.7. The fourth-order valence-corrected chi connectivity index (χ4v) is 4.08. The number of hydrogen-bond acceptors (Lipinski definition) is 9. The number of likely N-dealkylation sites (N-methyl/N-ethyl adjacent to an activating group) is 1. The van der Waals surface area contributed by atoms with E-state index in [9.17, 15) is 4.79 Å². The normalized spacial score (nSPS) is 13.4. The SMILES string of the molecule is COc1cccnc1Nc1nc(Nc2cc(Br)c3c(c2)CN(C)CC3)nnc1C(N)=O. The smallest absolute Gasteiger partial charge is 0.273 e. The lowest BCUT2D eigenvalue weighted by atomic mass is 9.99. The van der Waals surface area contributed by atoms with Crippen LogP contribution >= 0.6 is 15.9 Å². The number of carbonyl (C=O) groups is 1. The zero-order chi connectivity index (χ0) is 22.0. The summed E-state index contributed by atoms with van der Waals surface area (Å²) < 4.78 is 6.32. The zero-order valence-electron chi connectivity index (χ0n) is 17.0. The number of fused-ring (bicyclic) bond motifs is 1. The van der Waals surface area contributed by atoms with E-state index in [2.05, 4.69) is 64.7 Å². The van der Waals surface area contributed by atoms with Gasteiger partial charge in [0.05, 0.1) is 7.11 Å². The van der Waals surface area contributed by atoms with Gasteiger partial charge in [0.25, 0.3) is 5.91 Å². The van der Waals surface area contributed by atoms with Crippen LogP contribution in [-0.2, 0) is 13.0 Å². The third-order valence-electron chi connectivity index (χ3n) is 4.88. The number of nitrogens with two attached hydrogens (primary N) is 1. The second-order valence-electron chi connectivity index (χ2n) is 7.08. The van der Waals surface area contributed by atoms with E-state index >= 15 is 0 Å². The van der Waals surface area contributed by atoms with Gasteiger partial charge in [-0.1, -0.05) is 15.9 Å². The summed E-state index contributed by atoms with van der Waals surface area (Å²) in [6.07, 6.45) is 2.57. The Labute approximate surface area is 187 Å². The third kappa shape index (κ3) is 4.57. The number of aromatic nitrogens is 4. The minimum atomic E-state index is -0.761. The van der Waals surface area contributed by atoms with Gasteiger partial charge in [0.15, 0.2) is 23.1 Å². The molecule has 1 aliphatic heterocycles. The van der Waals surface area contributed by atoms with E-state index in [1.165, 1.54) is 18.2 Å². The first kappa shape index (κ1) is 20.9. The Kier molecular flexibility index (Phi) is 5.96. The van der Waals surface area contributed by atoms with Crippen molar-refractivity contribution in [1.29, 1.82) is 0 Å². The molecule has 4 N–H and O–H groups in total. The van der Waals surface area contributed by atoms with Crippen LogP contribution in [0, 0.1) is 0 Å². The summed E-state index contributed by atoms with van der Waals surface area (Å²) in [6.45, 7) is 1.88. The van der Waals surface area contributed by atoms with Gasteiger partial charge in [-0.2, -0.15) is 4.98 Å². The maximum Gasteiger partial charge on any atom is 0.273 e. The Morgan fingerprint density at radius 1 is 1.26 bits per heavy atom. The highest BCUT2D eigenvalue weighted by molar-refractivity contribution is 9.10. The molecule has 4 rings (SSSR count). The molecule has 0 radical (unpaired) electrons. The summed E-state index contributed by atoms with van der Waals surface area (Å²) in [7, 11) is 3.62. The molecular formula is C20H21BrN8O2. The maximum absolute atomic E-state index is 11.8. The quantitative estimate of drug-likeness (QED) is 0.482. The molecular weight excluding hydrogens is 464 g/mol. The van der Waals surface area contributed by atoms with Crippen molar-refractivity contribution in [1.82, 2.24) is 25.1 Å². The Morgan fingerprint density at radius 3 is 2.87 bits per heavy atom. The second-order valence-corrected chi connectivity index (χ2v) is 7.94. The van der Waals surface area contributed by atoms with Gasteiger partial charge in [-0.15, -0.1) is 10.2 Å². The van der Waals surface area contributed by atoms with Crippen LogP contribution in [-0.4, -0.2) is 51.7 Å². The molecule has 160 valence electrons. The summed E-state index contributed by atoms with van der Waals surface area (Å²) in [5.41, 5.74) is 8.67. The lowest BCUT2D eigenvalue weighted by Gasteiger charge is -2.26. The number of nitrogens with one attached hydrogen (secondary N) is 2. The molecule has 0 atom stereocenters. The second kappa shape index (κ2) is 8.82. The number of pyridine rings is 1. The van der Waals surface area contributed by atoms with Crippen LogP contribution in [0.1, 0.15) is 21.6 Å². The van der Waals surface area contributed by atoms with Gasteiger partial charge >= 0.3 is 0 Å². The van der Waals surface area contributed by atoms with Crippen LogP contribution in [0.3, 0.4) is 0 Å². The molecule has 0 saturated heterocycles. The lowest BCUT2D eigenvalue weighted by Crippen LogP contribution is -2.26. The van der Waals surface area contributed by atoms with Crippen LogP contribution in [0.15, 0.2) is 34.9 Å². The van der Waals surface area contributed by atoms with E-state index < -0.39 is 5.91 Å². The highest BCUT2D eigenvalue weighted by atomic mass is 79.9. The highest BCUT2D eigenvalue weighted by Gasteiger charge is 2.19. The fourth-order valence-electron chi connectivity index (χ4n) is 3.38. The van der Waals surface area contributed by atoms with Crippen LogP contribution in [0.25, 0.3) is 0 Å². The number of amides is 1. The van der Waals surface area contributed by atoms with Gasteiger partial charge in [-0.05, 0) is 48.9 Å². The Hall–Kier alpha value is -3.31. The molecule has 1 aliphatic rings. The summed E-state index contributed by atoms with van der Waals surface area (Å²) in [6, 6.07) is 7.50. The van der Waals surface area contributed by atoms with E-state index in [1.54, 1.807) is 18.3 Å². The van der Waals surface area contributed by atoms with Crippen LogP contribution in [0.5, 0.6) is 5.75 Å². The molecule has 0 spiro atoms. The Balaban J connectivity index is 1.66. The first-order valence-corrected chi connectivity index (χ1v) is 10.3. The van der Waals surface area contributed by atoms with Crippen LogP contribution in [0.4, 0.5) is 23.3 Å². The van der Waals surface area contributed by atoms with Crippen molar-refractivity contribution in [2.24, 2.45) is 5.73 Å². The number of methoxy groups -OCH3 is 1. The number of rotatable bonds is 6. The van der Waals surface area contributed by atoms with Crippen molar-refractivity contribution < 1.29 is 9.53 Å². The van der Waals surface area contributed by atoms with Crippen LogP contribution in [0.2, 0.25) is 0 Å². The van der Waals surface area contributed by atoms with Crippen molar-refractivity contribution in [3.63, 3.8) is 0 Å². The number of carbonyl (C=O) groups excluding carboxylic acids is 1.